The van der Waals surface area contributed by atoms with Gasteiger partial charge in [0.05, 0.1) is 28.7 Å². The lowest BCUT2D eigenvalue weighted by molar-refractivity contribution is 0.0849. The predicted molar refractivity (Wildman–Crippen MR) is 127 cm³/mol. The zero-order valence-electron chi connectivity index (χ0n) is 17.2. The van der Waals surface area contributed by atoms with Crippen molar-refractivity contribution in [1.29, 1.82) is 0 Å². The van der Waals surface area contributed by atoms with E-state index in [-0.39, 0.29) is 0 Å². The van der Waals surface area contributed by atoms with Crippen molar-refractivity contribution in [2.24, 2.45) is 0 Å². The molecular weight excluding hydrogens is 434 g/mol. The van der Waals surface area contributed by atoms with Crippen LogP contribution >= 0.6 is 11.3 Å². The predicted octanol–water partition coefficient (Wildman–Crippen LogP) is 4.50. The third kappa shape index (κ3) is 4.32. The Morgan fingerprint density at radius 1 is 0.758 bits per heavy atom. The Hall–Kier alpha value is -4.43. The topological polar surface area (TPSA) is 96.9 Å². The molecule has 33 heavy (non-hydrogen) atoms. The molecule has 8 heteroatoms. The number of thiazole rings is 1. The molecular formula is C25H17N5O2S. The minimum absolute atomic E-state index is 0.385. The lowest BCUT2D eigenvalue weighted by Gasteiger charge is -2.10. The van der Waals surface area contributed by atoms with E-state index in [2.05, 4.69) is 25.8 Å². The van der Waals surface area contributed by atoms with Gasteiger partial charge in [-0.3, -0.25) is 25.4 Å². The average Bonchev–Trinajstić information content (AvgIpc) is 3.38. The van der Waals surface area contributed by atoms with Gasteiger partial charge in [-0.2, -0.15) is 0 Å². The second-order valence-electron chi connectivity index (χ2n) is 7.09. The summed E-state index contributed by atoms with van der Waals surface area (Å²) in [5, 5.41) is 1.40. The quantitative estimate of drug-likeness (QED) is 0.392. The number of hydrogen-bond acceptors (Lipinski definition) is 6. The Kier molecular flexibility index (Phi) is 5.57. The standard InChI is InChI=1S/C25H17N5O2S/c31-23(29-30-24(32)22-15-27-25(33-22)16-8-2-1-3-9-16)18-14-21(20-12-6-7-13-26-20)28-19-11-5-4-10-17(18)19/h1-15H,(H,29,31)(H,30,32). The van der Waals surface area contributed by atoms with Crippen LogP contribution in [0.2, 0.25) is 0 Å². The maximum absolute atomic E-state index is 13.0. The number of para-hydroxylation sites is 1. The van der Waals surface area contributed by atoms with Crippen LogP contribution in [0.4, 0.5) is 0 Å². The number of nitrogens with zero attached hydrogens (tertiary/aromatic N) is 3. The molecule has 0 atom stereocenters. The number of amides is 2. The molecule has 160 valence electrons. The molecule has 2 N–H and O–H groups in total. The number of pyridine rings is 2. The second-order valence-corrected chi connectivity index (χ2v) is 8.12. The first kappa shape index (κ1) is 20.5. The highest BCUT2D eigenvalue weighted by atomic mass is 32.1. The Morgan fingerprint density at radius 3 is 2.33 bits per heavy atom. The van der Waals surface area contributed by atoms with E-state index in [1.54, 1.807) is 12.3 Å². The van der Waals surface area contributed by atoms with Crippen LogP contribution in [0.1, 0.15) is 20.0 Å². The summed E-state index contributed by atoms with van der Waals surface area (Å²) in [6.45, 7) is 0. The Labute approximate surface area is 193 Å². The Balaban J connectivity index is 1.37. The first-order chi connectivity index (χ1) is 16.2. The van der Waals surface area contributed by atoms with Gasteiger partial charge in [0.25, 0.3) is 11.8 Å². The molecule has 0 aliphatic rings. The van der Waals surface area contributed by atoms with Gasteiger partial charge in [-0.15, -0.1) is 11.3 Å². The van der Waals surface area contributed by atoms with E-state index in [9.17, 15) is 9.59 Å². The van der Waals surface area contributed by atoms with Gasteiger partial charge in [0.1, 0.15) is 9.88 Å². The maximum Gasteiger partial charge on any atom is 0.281 e. The summed E-state index contributed by atoms with van der Waals surface area (Å²) < 4.78 is 0. The normalized spacial score (nSPS) is 10.7. The highest BCUT2D eigenvalue weighted by molar-refractivity contribution is 7.16. The van der Waals surface area contributed by atoms with Crippen molar-refractivity contribution in [2.75, 3.05) is 0 Å². The van der Waals surface area contributed by atoms with Gasteiger partial charge in [-0.05, 0) is 24.3 Å². The van der Waals surface area contributed by atoms with Crippen LogP contribution in [0.15, 0.2) is 91.3 Å². The van der Waals surface area contributed by atoms with Crippen molar-refractivity contribution in [1.82, 2.24) is 25.8 Å². The summed E-state index contributed by atoms with van der Waals surface area (Å²) in [6, 6.07) is 24.1. The Bertz CT molecular complexity index is 1450. The van der Waals surface area contributed by atoms with E-state index in [0.717, 1.165) is 10.6 Å². The zero-order valence-corrected chi connectivity index (χ0v) is 18.0. The monoisotopic (exact) mass is 451 g/mol. The minimum atomic E-state index is -0.452. The Morgan fingerprint density at radius 2 is 1.52 bits per heavy atom. The molecule has 3 aromatic heterocycles. The molecule has 2 amide bonds. The van der Waals surface area contributed by atoms with E-state index >= 15 is 0 Å². The van der Waals surface area contributed by atoms with Gasteiger partial charge in [-0.1, -0.05) is 54.6 Å². The van der Waals surface area contributed by atoms with Crippen LogP contribution in [-0.2, 0) is 0 Å². The lowest BCUT2D eigenvalue weighted by atomic mass is 10.1. The van der Waals surface area contributed by atoms with Gasteiger partial charge in [0.15, 0.2) is 0 Å². The van der Waals surface area contributed by atoms with Crippen LogP contribution in [0, 0.1) is 0 Å². The number of rotatable bonds is 4. The number of carbonyl (C=O) groups excluding carboxylic acids is 2. The number of hydrogen-bond donors (Lipinski definition) is 2. The van der Waals surface area contributed by atoms with E-state index in [1.807, 2.05) is 72.8 Å². The fourth-order valence-corrected chi connectivity index (χ4v) is 4.16. The number of fused-ring (bicyclic) bond motifs is 1. The number of hydrazine groups is 1. The van der Waals surface area contributed by atoms with Gasteiger partial charge in [0.2, 0.25) is 0 Å². The molecule has 0 saturated heterocycles. The lowest BCUT2D eigenvalue weighted by Crippen LogP contribution is -2.41. The molecule has 0 aliphatic carbocycles. The number of nitrogens with one attached hydrogen (secondary N) is 2. The van der Waals surface area contributed by atoms with Gasteiger partial charge >= 0.3 is 0 Å². The summed E-state index contributed by atoms with van der Waals surface area (Å²) in [5.41, 5.74) is 8.18. The average molecular weight is 452 g/mol. The molecule has 5 aromatic rings. The van der Waals surface area contributed by atoms with Crippen molar-refractivity contribution in [3.8, 4) is 22.0 Å². The fraction of sp³-hybridized carbons (Fsp3) is 0. The zero-order chi connectivity index (χ0) is 22.6. The summed E-state index contributed by atoms with van der Waals surface area (Å²) in [4.78, 5) is 39.3. The van der Waals surface area contributed by atoms with E-state index < -0.39 is 11.8 Å². The maximum atomic E-state index is 13.0. The van der Waals surface area contributed by atoms with Crippen molar-refractivity contribution in [2.45, 2.75) is 0 Å². The van der Waals surface area contributed by atoms with Crippen molar-refractivity contribution in [3.05, 3.63) is 102 Å². The van der Waals surface area contributed by atoms with Crippen LogP contribution in [0.5, 0.6) is 0 Å². The summed E-state index contributed by atoms with van der Waals surface area (Å²) in [6.07, 6.45) is 3.17. The molecule has 5 rings (SSSR count). The molecule has 3 heterocycles. The smallest absolute Gasteiger partial charge is 0.267 e. The summed E-state index contributed by atoms with van der Waals surface area (Å²) in [7, 11) is 0. The van der Waals surface area contributed by atoms with Gasteiger partial charge < -0.3 is 0 Å². The van der Waals surface area contributed by atoms with E-state index in [4.69, 9.17) is 0 Å². The largest absolute Gasteiger partial charge is 0.281 e. The molecule has 0 radical (unpaired) electrons. The molecule has 0 unspecified atom stereocenters. The molecule has 0 spiro atoms. The van der Waals surface area contributed by atoms with Gasteiger partial charge in [-0.25, -0.2) is 9.97 Å². The summed E-state index contributed by atoms with van der Waals surface area (Å²) >= 11 is 1.25. The first-order valence-corrected chi connectivity index (χ1v) is 10.9. The van der Waals surface area contributed by atoms with Crippen molar-refractivity contribution < 1.29 is 9.59 Å². The van der Waals surface area contributed by atoms with Crippen LogP contribution in [0.3, 0.4) is 0 Å². The second kappa shape index (κ2) is 8.97. The first-order valence-electron chi connectivity index (χ1n) is 10.1. The van der Waals surface area contributed by atoms with Crippen LogP contribution < -0.4 is 10.9 Å². The highest BCUT2D eigenvalue weighted by Gasteiger charge is 2.17. The third-order valence-corrected chi connectivity index (χ3v) is 5.97. The van der Waals surface area contributed by atoms with E-state index in [1.165, 1.54) is 17.5 Å². The van der Waals surface area contributed by atoms with E-state index in [0.29, 0.717) is 32.7 Å². The molecule has 7 nitrogen and oxygen atoms in total. The minimum Gasteiger partial charge on any atom is -0.267 e. The molecule has 0 bridgehead atoms. The van der Waals surface area contributed by atoms with Crippen molar-refractivity contribution in [3.63, 3.8) is 0 Å². The number of carbonyl (C=O) groups is 2. The SMILES string of the molecule is O=C(NNC(=O)c1cc(-c2ccccn2)nc2ccccc12)c1cnc(-c2ccccc2)s1. The van der Waals surface area contributed by atoms with Crippen LogP contribution in [-0.4, -0.2) is 26.8 Å². The van der Waals surface area contributed by atoms with Gasteiger partial charge in [0, 0.05) is 17.1 Å². The molecule has 0 aliphatic heterocycles. The molecule has 0 fully saturated rings. The molecule has 2 aromatic carbocycles. The summed E-state index contributed by atoms with van der Waals surface area (Å²) in [5.74, 6) is -0.890. The fourth-order valence-electron chi connectivity index (χ4n) is 3.34. The van der Waals surface area contributed by atoms with Crippen molar-refractivity contribution >= 4 is 34.1 Å². The number of aromatic nitrogens is 3. The third-order valence-electron chi connectivity index (χ3n) is 4.93. The molecule has 0 saturated carbocycles. The highest BCUT2D eigenvalue weighted by Crippen LogP contribution is 2.25. The van der Waals surface area contributed by atoms with Crippen LogP contribution in [0.25, 0.3) is 32.9 Å². The number of benzene rings is 2.